The quantitative estimate of drug-likeness (QED) is 0.689. The highest BCUT2D eigenvalue weighted by Gasteiger charge is 2.49. The molecular formula is C24H29FN2O4. The third-order valence-electron chi connectivity index (χ3n) is 5.56. The Balaban J connectivity index is 1.64. The minimum atomic E-state index is -1.31. The normalized spacial score (nSPS) is 20.0. The maximum Gasteiger partial charge on any atom is 0.325 e. The summed E-state index contributed by atoms with van der Waals surface area (Å²) in [5.41, 5.74) is 1.29. The molecule has 1 aliphatic heterocycles. The van der Waals surface area contributed by atoms with Crippen LogP contribution in [0, 0.1) is 12.7 Å². The Bertz CT molecular complexity index is 984. The standard InChI is InChI=1S/C24H29FN2O4/c1-15-12-17(23(2,3)4)8-11-20(15)31-14-19(28)13-27-21(29)24(5,26-22(27)30)16-6-9-18(25)10-7-16/h6-12,19,28H,13-14H2,1-5H3,(H,26,30). The van der Waals surface area contributed by atoms with E-state index in [1.807, 2.05) is 25.1 Å². The second-order valence-electron chi connectivity index (χ2n) is 9.17. The van der Waals surface area contributed by atoms with Crippen LogP contribution in [0.2, 0.25) is 0 Å². The summed E-state index contributed by atoms with van der Waals surface area (Å²) in [5.74, 6) is -0.298. The first-order valence-electron chi connectivity index (χ1n) is 10.2. The van der Waals surface area contributed by atoms with Crippen molar-refractivity contribution in [3.8, 4) is 5.75 Å². The molecule has 0 radical (unpaired) electrons. The third kappa shape index (κ3) is 4.71. The Labute approximate surface area is 182 Å². The lowest BCUT2D eigenvalue weighted by molar-refractivity contribution is -0.132. The van der Waals surface area contributed by atoms with Gasteiger partial charge in [-0.3, -0.25) is 9.69 Å². The van der Waals surface area contributed by atoms with Crippen molar-refractivity contribution in [3.05, 3.63) is 65.0 Å². The number of halogens is 1. The van der Waals surface area contributed by atoms with Crippen LogP contribution in [0.5, 0.6) is 5.75 Å². The van der Waals surface area contributed by atoms with Crippen molar-refractivity contribution in [2.45, 2.75) is 51.7 Å². The number of β-amino-alcohol motifs (C(OH)–C–C–N with tert-alkyl or cyclic N) is 1. The minimum absolute atomic E-state index is 0.0173. The fraction of sp³-hybridized carbons (Fsp3) is 0.417. The Morgan fingerprint density at radius 1 is 1.16 bits per heavy atom. The number of carbonyl (C=O) groups is 2. The van der Waals surface area contributed by atoms with Crippen LogP contribution < -0.4 is 10.1 Å². The molecule has 7 heteroatoms. The van der Waals surface area contributed by atoms with Gasteiger partial charge in [0.1, 0.15) is 29.8 Å². The summed E-state index contributed by atoms with van der Waals surface area (Å²) in [6.45, 7) is 9.60. The number of nitrogens with zero attached hydrogens (tertiary/aromatic N) is 1. The predicted octanol–water partition coefficient (Wildman–Crippen LogP) is 3.64. The first-order valence-corrected chi connectivity index (χ1v) is 10.2. The van der Waals surface area contributed by atoms with Crippen molar-refractivity contribution in [1.29, 1.82) is 0 Å². The van der Waals surface area contributed by atoms with Crippen LogP contribution >= 0.6 is 0 Å². The average molecular weight is 429 g/mol. The molecule has 2 atom stereocenters. The number of carbonyl (C=O) groups excluding carboxylic acids is 2. The molecule has 31 heavy (non-hydrogen) atoms. The molecule has 0 aliphatic carbocycles. The number of nitrogens with one attached hydrogen (secondary N) is 1. The molecule has 0 bridgehead atoms. The highest BCUT2D eigenvalue weighted by atomic mass is 19.1. The van der Waals surface area contributed by atoms with Crippen LogP contribution in [-0.2, 0) is 15.7 Å². The van der Waals surface area contributed by atoms with Gasteiger partial charge in [0.25, 0.3) is 5.91 Å². The highest BCUT2D eigenvalue weighted by molar-refractivity contribution is 6.07. The lowest BCUT2D eigenvalue weighted by atomic mass is 9.86. The van der Waals surface area contributed by atoms with Crippen LogP contribution in [0.15, 0.2) is 42.5 Å². The molecule has 2 unspecified atom stereocenters. The number of hydrogen-bond acceptors (Lipinski definition) is 4. The first kappa shape index (κ1) is 22.7. The summed E-state index contributed by atoms with van der Waals surface area (Å²) in [6.07, 6.45) is -1.06. The lowest BCUT2D eigenvalue weighted by Gasteiger charge is -2.23. The van der Waals surface area contributed by atoms with Crippen LogP contribution in [0.3, 0.4) is 0 Å². The van der Waals surface area contributed by atoms with E-state index in [9.17, 15) is 19.1 Å². The van der Waals surface area contributed by atoms with Crippen molar-refractivity contribution in [3.63, 3.8) is 0 Å². The third-order valence-corrected chi connectivity index (χ3v) is 5.56. The Hall–Kier alpha value is -2.93. The molecule has 3 amide bonds. The van der Waals surface area contributed by atoms with E-state index in [0.717, 1.165) is 10.5 Å². The maximum atomic E-state index is 13.2. The number of aryl methyl sites for hydroxylation is 1. The van der Waals surface area contributed by atoms with E-state index in [4.69, 9.17) is 4.74 Å². The molecule has 0 saturated carbocycles. The first-order chi connectivity index (χ1) is 14.4. The van der Waals surface area contributed by atoms with Crippen LogP contribution in [-0.4, -0.2) is 41.2 Å². The number of hydrogen-bond donors (Lipinski definition) is 2. The molecule has 1 saturated heterocycles. The topological polar surface area (TPSA) is 78.9 Å². The molecule has 2 N–H and O–H groups in total. The molecule has 2 aromatic rings. The van der Waals surface area contributed by atoms with E-state index in [1.54, 1.807) is 6.92 Å². The van der Waals surface area contributed by atoms with Gasteiger partial charge >= 0.3 is 6.03 Å². The fourth-order valence-corrected chi connectivity index (χ4v) is 3.57. The van der Waals surface area contributed by atoms with Crippen molar-refractivity contribution < 1.29 is 23.8 Å². The number of imide groups is 1. The largest absolute Gasteiger partial charge is 0.491 e. The molecule has 2 aromatic carbocycles. The average Bonchev–Trinajstić information content (AvgIpc) is 2.90. The fourth-order valence-electron chi connectivity index (χ4n) is 3.57. The van der Waals surface area contributed by atoms with Gasteiger partial charge in [0, 0.05) is 0 Å². The number of urea groups is 1. The van der Waals surface area contributed by atoms with Crippen molar-refractivity contribution in [2.75, 3.05) is 13.2 Å². The molecule has 1 aliphatic rings. The molecule has 1 heterocycles. The van der Waals surface area contributed by atoms with E-state index in [0.29, 0.717) is 11.3 Å². The summed E-state index contributed by atoms with van der Waals surface area (Å²) in [5, 5.41) is 13.0. The number of ether oxygens (including phenoxy) is 1. The molecular weight excluding hydrogens is 399 g/mol. The van der Waals surface area contributed by atoms with Crippen LogP contribution in [0.4, 0.5) is 9.18 Å². The summed E-state index contributed by atoms with van der Waals surface area (Å²) in [4.78, 5) is 26.3. The van der Waals surface area contributed by atoms with Gasteiger partial charge in [-0.1, -0.05) is 45.0 Å². The van der Waals surface area contributed by atoms with Gasteiger partial charge < -0.3 is 15.2 Å². The van der Waals surface area contributed by atoms with E-state index in [-0.39, 0.29) is 18.6 Å². The zero-order valence-corrected chi connectivity index (χ0v) is 18.5. The van der Waals surface area contributed by atoms with Gasteiger partial charge in [-0.15, -0.1) is 0 Å². The zero-order valence-electron chi connectivity index (χ0n) is 18.5. The summed E-state index contributed by atoms with van der Waals surface area (Å²) >= 11 is 0. The molecule has 166 valence electrons. The second-order valence-corrected chi connectivity index (χ2v) is 9.17. The summed E-state index contributed by atoms with van der Waals surface area (Å²) in [7, 11) is 0. The smallest absolute Gasteiger partial charge is 0.325 e. The molecule has 0 aromatic heterocycles. The van der Waals surface area contributed by atoms with E-state index in [2.05, 4.69) is 26.1 Å². The summed E-state index contributed by atoms with van der Waals surface area (Å²) < 4.78 is 19.0. The van der Waals surface area contributed by atoms with Crippen molar-refractivity contribution in [2.24, 2.45) is 0 Å². The maximum absolute atomic E-state index is 13.2. The zero-order chi connectivity index (χ0) is 23.0. The molecule has 0 spiro atoms. The number of aliphatic hydroxyl groups is 1. The van der Waals surface area contributed by atoms with Gasteiger partial charge in [-0.05, 0) is 54.2 Å². The molecule has 6 nitrogen and oxygen atoms in total. The Morgan fingerprint density at radius 3 is 2.39 bits per heavy atom. The number of rotatable bonds is 6. The van der Waals surface area contributed by atoms with Gasteiger partial charge in [-0.25, -0.2) is 9.18 Å². The van der Waals surface area contributed by atoms with E-state index in [1.165, 1.54) is 29.8 Å². The Morgan fingerprint density at radius 2 is 1.81 bits per heavy atom. The summed E-state index contributed by atoms with van der Waals surface area (Å²) in [6, 6.07) is 10.7. The van der Waals surface area contributed by atoms with Gasteiger partial charge in [0.05, 0.1) is 6.54 Å². The minimum Gasteiger partial charge on any atom is -0.491 e. The molecule has 3 rings (SSSR count). The second kappa shape index (κ2) is 8.30. The Kier molecular flexibility index (Phi) is 6.09. The predicted molar refractivity (Wildman–Crippen MR) is 115 cm³/mol. The van der Waals surface area contributed by atoms with E-state index < -0.39 is 29.4 Å². The van der Waals surface area contributed by atoms with Crippen LogP contribution in [0.1, 0.15) is 44.4 Å². The number of aliphatic hydroxyl groups excluding tert-OH is 1. The number of benzene rings is 2. The SMILES string of the molecule is Cc1cc(C(C)(C)C)ccc1OCC(O)CN1C(=O)NC(C)(c2ccc(F)cc2)C1=O. The van der Waals surface area contributed by atoms with Gasteiger partial charge in [0.2, 0.25) is 0 Å². The van der Waals surface area contributed by atoms with Crippen molar-refractivity contribution >= 4 is 11.9 Å². The highest BCUT2D eigenvalue weighted by Crippen LogP contribution is 2.30. The lowest BCUT2D eigenvalue weighted by Crippen LogP contribution is -2.42. The molecule has 1 fully saturated rings. The van der Waals surface area contributed by atoms with Crippen molar-refractivity contribution in [1.82, 2.24) is 10.2 Å². The monoisotopic (exact) mass is 428 g/mol. The van der Waals surface area contributed by atoms with Crippen LogP contribution in [0.25, 0.3) is 0 Å². The van der Waals surface area contributed by atoms with E-state index >= 15 is 0 Å². The number of amides is 3. The van der Waals surface area contributed by atoms with Gasteiger partial charge in [0.15, 0.2) is 0 Å². The van der Waals surface area contributed by atoms with Gasteiger partial charge in [-0.2, -0.15) is 0 Å².